The molecule has 2 amide bonds. The highest BCUT2D eigenvalue weighted by atomic mass is 35.5. The monoisotopic (exact) mass is 433 g/mol. The average molecular weight is 434 g/mol. The lowest BCUT2D eigenvalue weighted by Crippen LogP contribution is -2.43. The fourth-order valence-corrected chi connectivity index (χ4v) is 3.85. The number of carbonyl (C=O) groups is 2. The van der Waals surface area contributed by atoms with Gasteiger partial charge >= 0.3 is 0 Å². The Morgan fingerprint density at radius 2 is 1.84 bits per heavy atom. The first-order valence-electron chi connectivity index (χ1n) is 9.73. The van der Waals surface area contributed by atoms with Crippen LogP contribution in [0.3, 0.4) is 0 Å². The second-order valence-corrected chi connectivity index (χ2v) is 7.72. The van der Waals surface area contributed by atoms with Crippen LogP contribution < -0.4 is 10.6 Å². The fourth-order valence-electron chi connectivity index (χ4n) is 3.68. The number of phenols is 1. The molecule has 3 aromatic rings. The van der Waals surface area contributed by atoms with Gasteiger partial charge in [-0.25, -0.2) is 0 Å². The molecule has 1 aliphatic rings. The predicted octanol–water partition coefficient (Wildman–Crippen LogP) is 3.33. The number of carbonyl (C=O) groups excluding carboxylic acids is 2. The number of aromatic hydroxyl groups is 1. The maximum Gasteiger partial charge on any atom is 0.252 e. The summed E-state index contributed by atoms with van der Waals surface area (Å²) in [5.41, 5.74) is 8.65. The molecule has 0 aromatic heterocycles. The zero-order valence-electron chi connectivity index (χ0n) is 16.5. The van der Waals surface area contributed by atoms with Crippen LogP contribution in [0, 0.1) is 0 Å². The number of benzodiazepines with no additional fused rings is 1. The Morgan fingerprint density at radius 3 is 2.55 bits per heavy atom. The Labute approximate surface area is 184 Å². The minimum Gasteiger partial charge on any atom is -0.508 e. The molecule has 3 aromatic carbocycles. The number of nitrogens with two attached hydrogens (primary N) is 1. The summed E-state index contributed by atoms with van der Waals surface area (Å²) in [4.78, 5) is 31.5. The minimum atomic E-state index is -0.787. The highest BCUT2D eigenvalue weighted by Crippen LogP contribution is 2.32. The van der Waals surface area contributed by atoms with Gasteiger partial charge in [-0.05, 0) is 35.9 Å². The molecule has 0 bridgehead atoms. The number of amides is 2. The predicted molar refractivity (Wildman–Crippen MR) is 121 cm³/mol. The van der Waals surface area contributed by atoms with E-state index < -0.39 is 11.9 Å². The first-order valence-corrected chi connectivity index (χ1v) is 10.1. The van der Waals surface area contributed by atoms with Crippen molar-refractivity contribution in [3.05, 3.63) is 94.5 Å². The summed E-state index contributed by atoms with van der Waals surface area (Å²) in [6.07, 6.45) is 0.346. The summed E-state index contributed by atoms with van der Waals surface area (Å²) in [7, 11) is 0. The van der Waals surface area contributed by atoms with Gasteiger partial charge < -0.3 is 15.7 Å². The Balaban J connectivity index is 1.91. The maximum absolute atomic E-state index is 13.5. The van der Waals surface area contributed by atoms with Gasteiger partial charge in [0.05, 0.1) is 11.4 Å². The molecule has 1 unspecified atom stereocenters. The summed E-state index contributed by atoms with van der Waals surface area (Å²) < 4.78 is 0. The van der Waals surface area contributed by atoms with E-state index in [2.05, 4.69) is 0 Å². The van der Waals surface area contributed by atoms with Gasteiger partial charge in [-0.3, -0.25) is 14.6 Å². The van der Waals surface area contributed by atoms with Gasteiger partial charge in [0.2, 0.25) is 5.91 Å². The molecule has 1 heterocycles. The van der Waals surface area contributed by atoms with Crippen molar-refractivity contribution in [2.24, 2.45) is 10.7 Å². The van der Waals surface area contributed by atoms with Crippen LogP contribution in [0.15, 0.2) is 77.8 Å². The van der Waals surface area contributed by atoms with Crippen LogP contribution in [0.25, 0.3) is 0 Å². The van der Waals surface area contributed by atoms with Gasteiger partial charge in [0.1, 0.15) is 18.3 Å². The van der Waals surface area contributed by atoms with Gasteiger partial charge in [-0.15, -0.1) is 0 Å². The lowest BCUT2D eigenvalue weighted by molar-refractivity contribution is -0.123. The maximum atomic E-state index is 13.5. The smallest absolute Gasteiger partial charge is 0.252 e. The van der Waals surface area contributed by atoms with Crippen molar-refractivity contribution in [1.29, 1.82) is 0 Å². The van der Waals surface area contributed by atoms with Crippen molar-refractivity contribution in [1.82, 2.24) is 0 Å². The third kappa shape index (κ3) is 4.44. The third-order valence-electron chi connectivity index (χ3n) is 5.05. The van der Waals surface area contributed by atoms with Gasteiger partial charge in [-0.1, -0.05) is 54.1 Å². The van der Waals surface area contributed by atoms with E-state index in [4.69, 9.17) is 22.3 Å². The normalized spacial score (nSPS) is 15.8. The number of nitrogens with zero attached hydrogens (tertiary/aromatic N) is 2. The molecule has 6 nitrogen and oxygen atoms in total. The molecular formula is C24H20ClN3O3. The lowest BCUT2D eigenvalue weighted by Gasteiger charge is -2.24. The number of halogens is 1. The molecule has 0 saturated carbocycles. The molecule has 0 aliphatic carbocycles. The fraction of sp³-hybridized carbons (Fsp3) is 0.125. The zero-order valence-corrected chi connectivity index (χ0v) is 17.3. The molecule has 0 spiro atoms. The number of hydrogen-bond acceptors (Lipinski definition) is 4. The molecule has 4 rings (SSSR count). The Bertz CT molecular complexity index is 1180. The number of aliphatic imine (C=N–C) groups is 1. The van der Waals surface area contributed by atoms with Crippen LogP contribution >= 0.6 is 11.6 Å². The van der Waals surface area contributed by atoms with E-state index in [0.717, 1.165) is 5.56 Å². The number of rotatable bonds is 5. The first-order chi connectivity index (χ1) is 14.9. The highest BCUT2D eigenvalue weighted by Gasteiger charge is 2.33. The number of benzene rings is 3. The standard InChI is InChI=1S/C24H20ClN3O3/c25-17-9-10-19-21(13-17)28(14-22(26)30)24(31)20(11-15-5-2-1-3-6-15)27-23(19)16-7-4-8-18(29)12-16/h1-10,12-13,20,29H,11,14H2,(H2,26,30). The molecule has 0 saturated heterocycles. The van der Waals surface area contributed by atoms with Crippen LogP contribution in [-0.2, 0) is 16.0 Å². The van der Waals surface area contributed by atoms with E-state index in [1.54, 1.807) is 36.4 Å². The van der Waals surface area contributed by atoms with Gasteiger partial charge in [0, 0.05) is 22.6 Å². The van der Waals surface area contributed by atoms with Crippen LogP contribution in [0.4, 0.5) is 5.69 Å². The number of primary amides is 1. The molecule has 156 valence electrons. The number of phenolic OH excluding ortho intramolecular Hbond substituents is 1. The van der Waals surface area contributed by atoms with E-state index in [1.807, 2.05) is 36.4 Å². The van der Waals surface area contributed by atoms with E-state index in [9.17, 15) is 14.7 Å². The summed E-state index contributed by atoms with van der Waals surface area (Å²) in [6.45, 7) is -0.291. The highest BCUT2D eigenvalue weighted by molar-refractivity contribution is 6.31. The SMILES string of the molecule is NC(=O)CN1C(=O)C(Cc2ccccc2)N=C(c2cccc(O)c2)c2ccc(Cl)cc21. The summed E-state index contributed by atoms with van der Waals surface area (Å²) >= 11 is 6.23. The first kappa shape index (κ1) is 20.6. The van der Waals surface area contributed by atoms with E-state index in [0.29, 0.717) is 34.0 Å². The Hall–Kier alpha value is -3.64. The topological polar surface area (TPSA) is 96.0 Å². The number of fused-ring (bicyclic) bond motifs is 1. The van der Waals surface area contributed by atoms with Crippen molar-refractivity contribution in [2.75, 3.05) is 11.4 Å². The molecule has 0 radical (unpaired) electrons. The second kappa shape index (κ2) is 8.62. The van der Waals surface area contributed by atoms with Crippen molar-refractivity contribution >= 4 is 34.8 Å². The second-order valence-electron chi connectivity index (χ2n) is 7.29. The number of anilines is 1. The van der Waals surface area contributed by atoms with Gasteiger partial charge in [0.15, 0.2) is 0 Å². The molecular weight excluding hydrogens is 414 g/mol. The Morgan fingerprint density at radius 1 is 1.06 bits per heavy atom. The molecule has 0 fully saturated rings. The molecule has 3 N–H and O–H groups in total. The van der Waals surface area contributed by atoms with Crippen LogP contribution in [0.5, 0.6) is 5.75 Å². The quantitative estimate of drug-likeness (QED) is 0.646. The lowest BCUT2D eigenvalue weighted by atomic mass is 10.00. The van der Waals surface area contributed by atoms with E-state index in [1.165, 1.54) is 4.90 Å². The number of hydrogen-bond donors (Lipinski definition) is 2. The van der Waals surface area contributed by atoms with Crippen LogP contribution in [0.1, 0.15) is 16.7 Å². The molecule has 1 atom stereocenters. The summed E-state index contributed by atoms with van der Waals surface area (Å²) in [6, 6.07) is 20.5. The van der Waals surface area contributed by atoms with Crippen LogP contribution in [0.2, 0.25) is 5.02 Å². The van der Waals surface area contributed by atoms with Crippen molar-refractivity contribution in [3.63, 3.8) is 0 Å². The summed E-state index contributed by atoms with van der Waals surface area (Å²) in [5.74, 6) is -0.903. The van der Waals surface area contributed by atoms with Crippen molar-refractivity contribution in [2.45, 2.75) is 12.5 Å². The average Bonchev–Trinajstić information content (AvgIpc) is 2.85. The molecule has 1 aliphatic heterocycles. The molecule has 7 heteroatoms. The van der Waals surface area contributed by atoms with Crippen molar-refractivity contribution < 1.29 is 14.7 Å². The van der Waals surface area contributed by atoms with Gasteiger partial charge in [-0.2, -0.15) is 0 Å². The van der Waals surface area contributed by atoms with Gasteiger partial charge in [0.25, 0.3) is 5.91 Å². The van der Waals surface area contributed by atoms with Crippen LogP contribution in [-0.4, -0.2) is 35.2 Å². The summed E-state index contributed by atoms with van der Waals surface area (Å²) in [5, 5.41) is 10.4. The third-order valence-corrected chi connectivity index (χ3v) is 5.28. The van der Waals surface area contributed by atoms with Crippen molar-refractivity contribution in [3.8, 4) is 5.75 Å². The Kier molecular flexibility index (Phi) is 5.73. The van der Waals surface area contributed by atoms with E-state index in [-0.39, 0.29) is 18.2 Å². The zero-order chi connectivity index (χ0) is 22.0. The minimum absolute atomic E-state index is 0.0832. The van der Waals surface area contributed by atoms with E-state index >= 15 is 0 Å². The molecule has 31 heavy (non-hydrogen) atoms. The largest absolute Gasteiger partial charge is 0.508 e.